The van der Waals surface area contributed by atoms with E-state index < -0.39 is 12.8 Å². The molecule has 3 nitrogen and oxygen atoms in total. The zero-order chi connectivity index (χ0) is 8.81. The summed E-state index contributed by atoms with van der Waals surface area (Å²) in [6.45, 7) is 1.32. The number of nitrogens with one attached hydrogen (secondary N) is 1. The van der Waals surface area contributed by atoms with Crippen molar-refractivity contribution in [3.05, 3.63) is 0 Å². The molecule has 0 amide bonds. The van der Waals surface area contributed by atoms with Gasteiger partial charge >= 0.3 is 0 Å². The molecule has 0 saturated carbocycles. The van der Waals surface area contributed by atoms with E-state index in [1.54, 1.807) is 0 Å². The standard InChI is InChI=1S/C8H16FNO2/c9-5-7(11)6-12-8-1-3-10-4-2-8/h7-8,10-11H,1-6H2. The van der Waals surface area contributed by atoms with Crippen LogP contribution in [0.3, 0.4) is 0 Å². The minimum atomic E-state index is -0.945. The first-order valence-corrected chi connectivity index (χ1v) is 4.39. The van der Waals surface area contributed by atoms with Crippen LogP contribution in [-0.2, 0) is 4.74 Å². The lowest BCUT2D eigenvalue weighted by atomic mass is 10.1. The third-order valence-electron chi connectivity index (χ3n) is 1.99. The highest BCUT2D eigenvalue weighted by molar-refractivity contribution is 4.68. The molecule has 0 aromatic rings. The van der Waals surface area contributed by atoms with Crippen LogP contribution in [0.15, 0.2) is 0 Å². The summed E-state index contributed by atoms with van der Waals surface area (Å²) in [6.07, 6.45) is 1.17. The Morgan fingerprint density at radius 3 is 2.75 bits per heavy atom. The summed E-state index contributed by atoms with van der Waals surface area (Å²) < 4.78 is 17.1. The van der Waals surface area contributed by atoms with Gasteiger partial charge in [-0.3, -0.25) is 0 Å². The Morgan fingerprint density at radius 1 is 1.50 bits per heavy atom. The predicted molar refractivity (Wildman–Crippen MR) is 43.8 cm³/mol. The average molecular weight is 177 g/mol. The predicted octanol–water partition coefficient (Wildman–Crippen LogP) is 0.0854. The van der Waals surface area contributed by atoms with E-state index >= 15 is 0 Å². The van der Waals surface area contributed by atoms with Crippen LogP contribution >= 0.6 is 0 Å². The van der Waals surface area contributed by atoms with Gasteiger partial charge in [0.1, 0.15) is 12.8 Å². The lowest BCUT2D eigenvalue weighted by Crippen LogP contribution is -2.34. The van der Waals surface area contributed by atoms with Crippen molar-refractivity contribution in [3.8, 4) is 0 Å². The smallest absolute Gasteiger partial charge is 0.118 e. The number of rotatable bonds is 4. The number of aliphatic hydroxyl groups is 1. The summed E-state index contributed by atoms with van der Waals surface area (Å²) in [4.78, 5) is 0. The second-order valence-corrected chi connectivity index (χ2v) is 3.09. The molecule has 0 spiro atoms. The zero-order valence-corrected chi connectivity index (χ0v) is 7.13. The van der Waals surface area contributed by atoms with Crippen LogP contribution in [-0.4, -0.2) is 43.7 Å². The van der Waals surface area contributed by atoms with Crippen LogP contribution in [0, 0.1) is 0 Å². The zero-order valence-electron chi connectivity index (χ0n) is 7.13. The van der Waals surface area contributed by atoms with Crippen molar-refractivity contribution in [1.29, 1.82) is 0 Å². The molecule has 0 aliphatic carbocycles. The molecule has 1 heterocycles. The first-order chi connectivity index (χ1) is 5.83. The van der Waals surface area contributed by atoms with Gasteiger partial charge in [-0.25, -0.2) is 4.39 Å². The van der Waals surface area contributed by atoms with Crippen LogP contribution in [0.5, 0.6) is 0 Å². The molecule has 0 aromatic carbocycles. The summed E-state index contributed by atoms with van der Waals surface area (Å²) in [5.41, 5.74) is 0. The Balaban J connectivity index is 2.05. The van der Waals surface area contributed by atoms with Crippen LogP contribution in [0.25, 0.3) is 0 Å². The fraction of sp³-hybridized carbons (Fsp3) is 1.00. The molecule has 12 heavy (non-hydrogen) atoms. The van der Waals surface area contributed by atoms with Crippen molar-refractivity contribution in [2.75, 3.05) is 26.4 Å². The van der Waals surface area contributed by atoms with Crippen LogP contribution in [0.2, 0.25) is 0 Å². The highest BCUT2D eigenvalue weighted by Crippen LogP contribution is 2.07. The van der Waals surface area contributed by atoms with Crippen molar-refractivity contribution < 1.29 is 14.2 Å². The van der Waals surface area contributed by atoms with Crippen molar-refractivity contribution in [1.82, 2.24) is 5.32 Å². The van der Waals surface area contributed by atoms with Crippen LogP contribution < -0.4 is 5.32 Å². The van der Waals surface area contributed by atoms with Crippen molar-refractivity contribution >= 4 is 0 Å². The molecule has 1 fully saturated rings. The average Bonchev–Trinajstić information content (AvgIpc) is 2.16. The van der Waals surface area contributed by atoms with Crippen molar-refractivity contribution in [2.45, 2.75) is 25.0 Å². The number of hydrogen-bond donors (Lipinski definition) is 2. The molecule has 2 N–H and O–H groups in total. The number of alkyl halides is 1. The van der Waals surface area contributed by atoms with Gasteiger partial charge in [0.2, 0.25) is 0 Å². The topological polar surface area (TPSA) is 41.5 Å². The molecule has 1 rings (SSSR count). The summed E-state index contributed by atoms with van der Waals surface area (Å²) in [7, 11) is 0. The van der Waals surface area contributed by atoms with Crippen LogP contribution in [0.4, 0.5) is 4.39 Å². The van der Waals surface area contributed by atoms with E-state index in [-0.39, 0.29) is 12.7 Å². The first kappa shape index (κ1) is 9.89. The molecule has 1 unspecified atom stereocenters. The highest BCUT2D eigenvalue weighted by Gasteiger charge is 2.14. The number of aliphatic hydroxyl groups excluding tert-OH is 1. The van der Waals surface area contributed by atoms with Crippen molar-refractivity contribution in [3.63, 3.8) is 0 Å². The summed E-state index contributed by atoms with van der Waals surface area (Å²) in [5, 5.41) is 12.1. The van der Waals surface area contributed by atoms with E-state index in [1.165, 1.54) is 0 Å². The van der Waals surface area contributed by atoms with E-state index in [9.17, 15) is 4.39 Å². The maximum Gasteiger partial charge on any atom is 0.118 e. The van der Waals surface area contributed by atoms with Gasteiger partial charge in [-0.1, -0.05) is 0 Å². The molecule has 1 atom stereocenters. The fourth-order valence-electron chi connectivity index (χ4n) is 1.25. The van der Waals surface area contributed by atoms with E-state index in [2.05, 4.69) is 5.32 Å². The number of piperidine rings is 1. The first-order valence-electron chi connectivity index (χ1n) is 4.39. The van der Waals surface area contributed by atoms with Gasteiger partial charge < -0.3 is 15.2 Å². The highest BCUT2D eigenvalue weighted by atomic mass is 19.1. The monoisotopic (exact) mass is 177 g/mol. The molecule has 72 valence electrons. The normalized spacial score (nSPS) is 22.5. The lowest BCUT2D eigenvalue weighted by Gasteiger charge is -2.23. The maximum absolute atomic E-state index is 11.8. The minimum absolute atomic E-state index is 0.126. The quantitative estimate of drug-likeness (QED) is 0.639. The van der Waals surface area contributed by atoms with Gasteiger partial charge in [0.25, 0.3) is 0 Å². The molecule has 1 saturated heterocycles. The third kappa shape index (κ3) is 3.47. The second-order valence-electron chi connectivity index (χ2n) is 3.09. The largest absolute Gasteiger partial charge is 0.388 e. The molecule has 1 aliphatic heterocycles. The Bertz CT molecular complexity index is 118. The fourth-order valence-corrected chi connectivity index (χ4v) is 1.25. The maximum atomic E-state index is 11.8. The van der Waals surface area contributed by atoms with E-state index in [1.807, 2.05) is 0 Å². The third-order valence-corrected chi connectivity index (χ3v) is 1.99. The van der Waals surface area contributed by atoms with Gasteiger partial charge in [-0.15, -0.1) is 0 Å². The van der Waals surface area contributed by atoms with Gasteiger partial charge in [0.05, 0.1) is 12.7 Å². The lowest BCUT2D eigenvalue weighted by molar-refractivity contribution is -0.0274. The molecule has 0 radical (unpaired) electrons. The molecular weight excluding hydrogens is 161 g/mol. The molecule has 4 heteroatoms. The SMILES string of the molecule is OC(CF)COC1CCNCC1. The van der Waals surface area contributed by atoms with E-state index in [0.29, 0.717) is 0 Å². The van der Waals surface area contributed by atoms with Gasteiger partial charge in [-0.05, 0) is 25.9 Å². The van der Waals surface area contributed by atoms with E-state index in [4.69, 9.17) is 9.84 Å². The number of ether oxygens (including phenoxy) is 1. The number of halogens is 1. The summed E-state index contributed by atoms with van der Waals surface area (Å²) in [6, 6.07) is 0. The Labute approximate surface area is 71.9 Å². The summed E-state index contributed by atoms with van der Waals surface area (Å²) >= 11 is 0. The Hall–Kier alpha value is -0.190. The van der Waals surface area contributed by atoms with E-state index in [0.717, 1.165) is 25.9 Å². The van der Waals surface area contributed by atoms with Gasteiger partial charge in [0, 0.05) is 0 Å². The number of hydrogen-bond acceptors (Lipinski definition) is 3. The Kier molecular flexibility index (Phi) is 4.50. The minimum Gasteiger partial charge on any atom is -0.388 e. The Morgan fingerprint density at radius 2 is 2.17 bits per heavy atom. The van der Waals surface area contributed by atoms with Gasteiger partial charge in [0.15, 0.2) is 0 Å². The van der Waals surface area contributed by atoms with Crippen molar-refractivity contribution in [2.24, 2.45) is 0 Å². The summed E-state index contributed by atoms with van der Waals surface area (Å²) in [5.74, 6) is 0. The molecule has 0 aromatic heterocycles. The molecule has 0 bridgehead atoms. The molecule has 1 aliphatic rings. The van der Waals surface area contributed by atoms with Crippen LogP contribution in [0.1, 0.15) is 12.8 Å². The second kappa shape index (κ2) is 5.45. The van der Waals surface area contributed by atoms with Gasteiger partial charge in [-0.2, -0.15) is 0 Å². The molecular formula is C8H16FNO2.